The van der Waals surface area contributed by atoms with E-state index in [1.165, 1.54) is 18.2 Å². The van der Waals surface area contributed by atoms with Crippen molar-refractivity contribution < 1.29 is 19.4 Å². The minimum Gasteiger partial charge on any atom is -0.490 e. The molecule has 0 aliphatic heterocycles. The van der Waals surface area contributed by atoms with Crippen LogP contribution in [0, 0.1) is 0 Å². The van der Waals surface area contributed by atoms with E-state index in [2.05, 4.69) is 5.32 Å². The first-order valence-electron chi connectivity index (χ1n) is 9.57. The molecule has 9 heteroatoms. The van der Waals surface area contributed by atoms with Gasteiger partial charge in [0.1, 0.15) is 6.61 Å². The van der Waals surface area contributed by atoms with Crippen LogP contribution in [-0.4, -0.2) is 17.7 Å². The lowest BCUT2D eigenvalue weighted by molar-refractivity contribution is 0.0697. The van der Waals surface area contributed by atoms with Gasteiger partial charge in [-0.2, -0.15) is 0 Å². The van der Waals surface area contributed by atoms with Crippen LogP contribution in [-0.2, 0) is 13.2 Å². The van der Waals surface area contributed by atoms with Gasteiger partial charge in [-0.15, -0.1) is 0 Å². The summed E-state index contributed by atoms with van der Waals surface area (Å²) in [6.07, 6.45) is 0. The summed E-state index contributed by atoms with van der Waals surface area (Å²) < 4.78 is 11.6. The van der Waals surface area contributed by atoms with Crippen molar-refractivity contribution in [3.63, 3.8) is 0 Å². The Bertz CT molecular complexity index is 1140. The zero-order valence-electron chi connectivity index (χ0n) is 16.9. The molecule has 0 radical (unpaired) electrons. The van der Waals surface area contributed by atoms with Gasteiger partial charge in [0.2, 0.25) is 0 Å². The Kier molecular flexibility index (Phi) is 8.38. The van der Waals surface area contributed by atoms with Crippen molar-refractivity contribution in [2.45, 2.75) is 20.1 Å². The van der Waals surface area contributed by atoms with Crippen molar-refractivity contribution >= 4 is 58.1 Å². The number of hydrogen-bond acceptors (Lipinski definition) is 4. The van der Waals surface area contributed by atoms with E-state index in [9.17, 15) is 9.90 Å². The van der Waals surface area contributed by atoms with Gasteiger partial charge in [-0.05, 0) is 55.0 Å². The monoisotopic (exact) mass is 513 g/mol. The predicted molar refractivity (Wildman–Crippen MR) is 129 cm³/mol. The lowest BCUT2D eigenvalue weighted by Gasteiger charge is -2.17. The van der Waals surface area contributed by atoms with Crippen molar-refractivity contribution in [3.05, 3.63) is 85.3 Å². The highest BCUT2D eigenvalue weighted by molar-refractivity contribution is 6.35. The number of benzene rings is 3. The first-order chi connectivity index (χ1) is 15.3. The van der Waals surface area contributed by atoms with Crippen LogP contribution in [0.25, 0.3) is 0 Å². The molecule has 3 rings (SSSR count). The molecule has 0 spiro atoms. The van der Waals surface area contributed by atoms with Crippen LogP contribution < -0.4 is 14.8 Å². The SMILES string of the molecule is CCOc1cc(CNc2cc(C(=O)O)ccc2Cl)cc(Cl)c1OCc1ccc(Cl)cc1Cl. The van der Waals surface area contributed by atoms with Gasteiger partial charge in [0.25, 0.3) is 0 Å². The third-order valence-electron chi connectivity index (χ3n) is 4.45. The summed E-state index contributed by atoms with van der Waals surface area (Å²) in [7, 11) is 0. The van der Waals surface area contributed by atoms with E-state index in [-0.39, 0.29) is 12.2 Å². The van der Waals surface area contributed by atoms with Crippen LogP contribution in [0.5, 0.6) is 11.5 Å². The molecule has 0 saturated heterocycles. The topological polar surface area (TPSA) is 67.8 Å². The van der Waals surface area contributed by atoms with E-state index in [1.807, 2.05) is 6.92 Å². The number of carboxylic acid groups (broad SMARTS) is 1. The summed E-state index contributed by atoms with van der Waals surface area (Å²) in [5.74, 6) is -0.157. The van der Waals surface area contributed by atoms with Gasteiger partial charge in [0.15, 0.2) is 11.5 Å². The van der Waals surface area contributed by atoms with Gasteiger partial charge in [-0.1, -0.05) is 52.5 Å². The highest BCUT2D eigenvalue weighted by atomic mass is 35.5. The molecule has 0 aliphatic rings. The molecule has 168 valence electrons. The third kappa shape index (κ3) is 6.14. The number of anilines is 1. The van der Waals surface area contributed by atoms with E-state index in [1.54, 1.807) is 30.3 Å². The fourth-order valence-electron chi connectivity index (χ4n) is 2.91. The standard InChI is InChI=1S/C23H19Cl4NO4/c1-2-31-21-8-13(11-28-20-9-14(23(29)30)4-6-17(20)25)7-19(27)22(21)32-12-15-3-5-16(24)10-18(15)26/h3-10,28H,2,11-12H2,1H3,(H,29,30). The normalized spacial score (nSPS) is 10.7. The Morgan fingerprint density at radius 3 is 2.41 bits per heavy atom. The number of hydrogen-bond donors (Lipinski definition) is 2. The summed E-state index contributed by atoms with van der Waals surface area (Å²) in [6, 6.07) is 13.2. The van der Waals surface area contributed by atoms with E-state index < -0.39 is 5.97 Å². The zero-order chi connectivity index (χ0) is 23.3. The fraction of sp³-hybridized carbons (Fsp3) is 0.174. The molecular formula is C23H19Cl4NO4. The first kappa shape index (κ1) is 24.3. The molecule has 0 heterocycles. The van der Waals surface area contributed by atoms with Crippen LogP contribution in [0.2, 0.25) is 20.1 Å². The molecule has 32 heavy (non-hydrogen) atoms. The van der Waals surface area contributed by atoms with Crippen molar-refractivity contribution in [2.24, 2.45) is 0 Å². The molecule has 0 aliphatic carbocycles. The molecule has 0 unspecified atom stereocenters. The molecule has 0 saturated carbocycles. The molecular weight excluding hydrogens is 496 g/mol. The zero-order valence-corrected chi connectivity index (χ0v) is 19.9. The number of aromatic carboxylic acids is 1. The highest BCUT2D eigenvalue weighted by Gasteiger charge is 2.15. The lowest BCUT2D eigenvalue weighted by atomic mass is 10.1. The first-order valence-corrected chi connectivity index (χ1v) is 11.1. The largest absolute Gasteiger partial charge is 0.490 e. The molecule has 2 N–H and O–H groups in total. The van der Waals surface area contributed by atoms with Crippen molar-refractivity contribution in [2.75, 3.05) is 11.9 Å². The Balaban J connectivity index is 1.79. The molecule has 0 fully saturated rings. The Morgan fingerprint density at radius 2 is 1.72 bits per heavy atom. The summed E-state index contributed by atoms with van der Waals surface area (Å²) in [6.45, 7) is 2.80. The van der Waals surface area contributed by atoms with Gasteiger partial charge < -0.3 is 19.9 Å². The average Bonchev–Trinajstić information content (AvgIpc) is 2.74. The number of carbonyl (C=O) groups is 1. The van der Waals surface area contributed by atoms with Gasteiger partial charge >= 0.3 is 5.97 Å². The molecule has 0 atom stereocenters. The lowest BCUT2D eigenvalue weighted by Crippen LogP contribution is -2.05. The van der Waals surface area contributed by atoms with E-state index >= 15 is 0 Å². The molecule has 0 amide bonds. The number of ether oxygens (including phenoxy) is 2. The molecule has 3 aromatic carbocycles. The van der Waals surface area contributed by atoms with Gasteiger partial charge in [0.05, 0.1) is 27.9 Å². The Hall–Kier alpha value is -2.31. The van der Waals surface area contributed by atoms with Gasteiger partial charge in [-0.3, -0.25) is 0 Å². The van der Waals surface area contributed by atoms with E-state index in [0.717, 1.165) is 11.1 Å². The van der Waals surface area contributed by atoms with Crippen LogP contribution in [0.15, 0.2) is 48.5 Å². The average molecular weight is 515 g/mol. The van der Waals surface area contributed by atoms with Crippen molar-refractivity contribution in [1.82, 2.24) is 0 Å². The number of rotatable bonds is 9. The van der Waals surface area contributed by atoms with Gasteiger partial charge in [0, 0.05) is 22.2 Å². The van der Waals surface area contributed by atoms with Crippen molar-refractivity contribution in [3.8, 4) is 11.5 Å². The number of carboxylic acids is 1. The Labute approximate surface area is 205 Å². The maximum absolute atomic E-state index is 11.2. The van der Waals surface area contributed by atoms with Gasteiger partial charge in [-0.25, -0.2) is 4.79 Å². The fourth-order valence-corrected chi connectivity index (χ4v) is 3.84. The van der Waals surface area contributed by atoms with Crippen LogP contribution in [0.1, 0.15) is 28.4 Å². The second kappa shape index (κ2) is 11.0. The second-order valence-corrected chi connectivity index (χ2v) is 8.37. The van der Waals surface area contributed by atoms with E-state index in [0.29, 0.717) is 50.4 Å². The maximum Gasteiger partial charge on any atom is 0.335 e. The van der Waals surface area contributed by atoms with Crippen LogP contribution >= 0.6 is 46.4 Å². The Morgan fingerprint density at radius 1 is 0.938 bits per heavy atom. The molecule has 0 aromatic heterocycles. The quantitative estimate of drug-likeness (QED) is 0.308. The molecule has 3 aromatic rings. The van der Waals surface area contributed by atoms with Crippen molar-refractivity contribution in [1.29, 1.82) is 0 Å². The minimum absolute atomic E-state index is 0.134. The summed E-state index contributed by atoms with van der Waals surface area (Å²) in [5.41, 5.74) is 2.19. The molecule has 0 bridgehead atoms. The second-order valence-electron chi connectivity index (χ2n) is 6.72. The number of nitrogens with one attached hydrogen (secondary N) is 1. The highest BCUT2D eigenvalue weighted by Crippen LogP contribution is 2.38. The van der Waals surface area contributed by atoms with Crippen LogP contribution in [0.3, 0.4) is 0 Å². The molecule has 5 nitrogen and oxygen atoms in total. The summed E-state index contributed by atoms with van der Waals surface area (Å²) >= 11 is 24.8. The third-order valence-corrected chi connectivity index (χ3v) is 5.65. The minimum atomic E-state index is -1.03. The van der Waals surface area contributed by atoms with E-state index in [4.69, 9.17) is 55.9 Å². The summed E-state index contributed by atoms with van der Waals surface area (Å²) in [5, 5.41) is 14.1. The smallest absolute Gasteiger partial charge is 0.335 e. The van der Waals surface area contributed by atoms with Crippen LogP contribution in [0.4, 0.5) is 5.69 Å². The number of halogens is 4. The predicted octanol–water partition coefficient (Wildman–Crippen LogP) is 7.59. The summed E-state index contributed by atoms with van der Waals surface area (Å²) in [4.78, 5) is 11.2. The maximum atomic E-state index is 11.2.